The molecule has 0 aromatic heterocycles. The number of rotatable bonds is 1. The second kappa shape index (κ2) is 2.90. The second-order valence-electron chi connectivity index (χ2n) is 3.83. The fourth-order valence-electron chi connectivity index (χ4n) is 1.57. The molecular weight excluding hydrogens is 180 g/mol. The minimum absolute atomic E-state index is 0.102. The van der Waals surface area contributed by atoms with Crippen LogP contribution in [0.1, 0.15) is 13.3 Å². The van der Waals surface area contributed by atoms with E-state index < -0.39 is 17.3 Å². The van der Waals surface area contributed by atoms with E-state index in [-0.39, 0.29) is 19.5 Å². The highest BCUT2D eigenvalue weighted by Crippen LogP contribution is 2.43. The molecule has 1 aliphatic rings. The molecule has 5 heteroatoms. The van der Waals surface area contributed by atoms with Crippen molar-refractivity contribution in [3.63, 3.8) is 0 Å². The van der Waals surface area contributed by atoms with Crippen molar-refractivity contribution in [3.05, 3.63) is 0 Å². The van der Waals surface area contributed by atoms with E-state index in [4.69, 9.17) is 5.11 Å². The molecule has 0 saturated carbocycles. The van der Waals surface area contributed by atoms with Gasteiger partial charge in [0.25, 0.3) is 5.92 Å². The number of hydrogen-bond acceptors (Lipinski definition) is 2. The average Bonchev–Trinajstić information content (AvgIpc) is 1.98. The number of carboxylic acids is 1. The van der Waals surface area contributed by atoms with Crippen LogP contribution in [0.3, 0.4) is 0 Å². The lowest BCUT2D eigenvalue weighted by atomic mass is 9.78. The van der Waals surface area contributed by atoms with Crippen molar-refractivity contribution in [2.75, 3.05) is 20.1 Å². The second-order valence-corrected chi connectivity index (χ2v) is 3.83. The Morgan fingerprint density at radius 1 is 1.54 bits per heavy atom. The Balaban J connectivity index is 2.95. The van der Waals surface area contributed by atoms with Crippen LogP contribution in [-0.2, 0) is 4.79 Å². The van der Waals surface area contributed by atoms with Crippen LogP contribution in [0.5, 0.6) is 0 Å². The van der Waals surface area contributed by atoms with Gasteiger partial charge in [0.15, 0.2) is 0 Å². The Labute approximate surface area is 75.3 Å². The number of alkyl halides is 2. The van der Waals surface area contributed by atoms with Gasteiger partial charge in [0.2, 0.25) is 0 Å². The number of piperidine rings is 1. The van der Waals surface area contributed by atoms with Crippen molar-refractivity contribution >= 4 is 5.97 Å². The third kappa shape index (κ3) is 1.52. The summed E-state index contributed by atoms with van der Waals surface area (Å²) in [7, 11) is 1.65. The van der Waals surface area contributed by atoms with E-state index in [1.165, 1.54) is 0 Å². The molecule has 1 N–H and O–H groups in total. The van der Waals surface area contributed by atoms with Gasteiger partial charge in [0, 0.05) is 19.5 Å². The SMILES string of the molecule is CN1CCC(F)(F)C(C)(C(=O)O)C1. The summed E-state index contributed by atoms with van der Waals surface area (Å²) in [6, 6.07) is 0. The van der Waals surface area contributed by atoms with Crippen LogP contribution >= 0.6 is 0 Å². The maximum atomic E-state index is 13.3. The van der Waals surface area contributed by atoms with Crippen LogP contribution in [0.4, 0.5) is 8.78 Å². The van der Waals surface area contributed by atoms with Gasteiger partial charge in [-0.2, -0.15) is 0 Å². The third-order valence-electron chi connectivity index (χ3n) is 2.67. The van der Waals surface area contributed by atoms with E-state index in [9.17, 15) is 13.6 Å². The normalized spacial score (nSPS) is 34.5. The van der Waals surface area contributed by atoms with E-state index in [1.54, 1.807) is 11.9 Å². The molecule has 1 saturated heterocycles. The molecule has 0 aliphatic carbocycles. The summed E-state index contributed by atoms with van der Waals surface area (Å²) in [4.78, 5) is 12.3. The minimum Gasteiger partial charge on any atom is -0.481 e. The van der Waals surface area contributed by atoms with Crippen LogP contribution in [0.25, 0.3) is 0 Å². The Morgan fingerprint density at radius 2 is 2.08 bits per heavy atom. The quantitative estimate of drug-likeness (QED) is 0.676. The molecule has 76 valence electrons. The van der Waals surface area contributed by atoms with Gasteiger partial charge in [-0.3, -0.25) is 4.79 Å². The van der Waals surface area contributed by atoms with Crippen molar-refractivity contribution in [1.29, 1.82) is 0 Å². The van der Waals surface area contributed by atoms with Gasteiger partial charge in [-0.05, 0) is 14.0 Å². The number of carbonyl (C=O) groups is 1. The van der Waals surface area contributed by atoms with E-state index in [0.717, 1.165) is 6.92 Å². The first kappa shape index (κ1) is 10.4. The molecule has 1 unspecified atom stereocenters. The molecule has 1 aliphatic heterocycles. The van der Waals surface area contributed by atoms with Gasteiger partial charge in [-0.15, -0.1) is 0 Å². The molecule has 1 rings (SSSR count). The van der Waals surface area contributed by atoms with Crippen molar-refractivity contribution in [1.82, 2.24) is 4.90 Å². The fraction of sp³-hybridized carbons (Fsp3) is 0.875. The van der Waals surface area contributed by atoms with Crippen molar-refractivity contribution in [3.8, 4) is 0 Å². The molecule has 1 heterocycles. The summed E-state index contributed by atoms with van der Waals surface area (Å²) < 4.78 is 26.5. The lowest BCUT2D eigenvalue weighted by Gasteiger charge is -2.41. The number of halogens is 2. The summed E-state index contributed by atoms with van der Waals surface area (Å²) in [6.45, 7) is 1.25. The average molecular weight is 193 g/mol. The highest BCUT2D eigenvalue weighted by Gasteiger charge is 2.58. The first-order valence-electron chi connectivity index (χ1n) is 4.09. The zero-order valence-electron chi connectivity index (χ0n) is 7.68. The summed E-state index contributed by atoms with van der Waals surface area (Å²) in [5.41, 5.74) is -1.94. The maximum Gasteiger partial charge on any atom is 0.316 e. The first-order chi connectivity index (χ1) is 5.79. The highest BCUT2D eigenvalue weighted by atomic mass is 19.3. The predicted octanol–water partition coefficient (Wildman–Crippen LogP) is 1.05. The predicted molar refractivity (Wildman–Crippen MR) is 42.8 cm³/mol. The minimum atomic E-state index is -3.11. The maximum absolute atomic E-state index is 13.3. The highest BCUT2D eigenvalue weighted by molar-refractivity contribution is 5.76. The number of aliphatic carboxylic acids is 1. The molecule has 0 spiro atoms. The molecule has 3 nitrogen and oxygen atoms in total. The van der Waals surface area contributed by atoms with Gasteiger partial charge in [-0.1, -0.05) is 0 Å². The standard InChI is InChI=1S/C8H13F2NO2/c1-7(6(12)13)5-11(2)4-3-8(7,9)10/h3-5H2,1-2H3,(H,12,13). The molecule has 0 radical (unpaired) electrons. The van der Waals surface area contributed by atoms with Crippen LogP contribution in [0.15, 0.2) is 0 Å². The number of carboxylic acid groups (broad SMARTS) is 1. The molecule has 1 atom stereocenters. The largest absolute Gasteiger partial charge is 0.481 e. The summed E-state index contributed by atoms with van der Waals surface area (Å²) in [5, 5.41) is 8.74. The van der Waals surface area contributed by atoms with Gasteiger partial charge >= 0.3 is 5.97 Å². The van der Waals surface area contributed by atoms with Crippen LogP contribution < -0.4 is 0 Å². The Hall–Kier alpha value is -0.710. The van der Waals surface area contributed by atoms with E-state index in [2.05, 4.69) is 0 Å². The van der Waals surface area contributed by atoms with E-state index in [1.807, 2.05) is 0 Å². The molecule has 0 amide bonds. The summed E-state index contributed by atoms with van der Waals surface area (Å²) >= 11 is 0. The number of nitrogens with zero attached hydrogens (tertiary/aromatic N) is 1. The Bertz CT molecular complexity index is 232. The fourth-order valence-corrected chi connectivity index (χ4v) is 1.57. The van der Waals surface area contributed by atoms with Crippen LogP contribution in [0, 0.1) is 5.41 Å². The Kier molecular flexibility index (Phi) is 2.32. The van der Waals surface area contributed by atoms with E-state index >= 15 is 0 Å². The molecule has 13 heavy (non-hydrogen) atoms. The third-order valence-corrected chi connectivity index (χ3v) is 2.67. The van der Waals surface area contributed by atoms with Crippen LogP contribution in [-0.4, -0.2) is 42.0 Å². The molecular formula is C8H13F2NO2. The van der Waals surface area contributed by atoms with Crippen LogP contribution in [0.2, 0.25) is 0 Å². The zero-order valence-corrected chi connectivity index (χ0v) is 7.68. The molecule has 0 aromatic rings. The summed E-state index contributed by atoms with van der Waals surface area (Å²) in [6.07, 6.45) is -0.383. The van der Waals surface area contributed by atoms with Gasteiger partial charge < -0.3 is 10.0 Å². The lowest BCUT2D eigenvalue weighted by Crippen LogP contribution is -2.57. The van der Waals surface area contributed by atoms with Gasteiger partial charge in [0.1, 0.15) is 5.41 Å². The van der Waals surface area contributed by atoms with Crippen molar-refractivity contribution in [2.45, 2.75) is 19.3 Å². The topological polar surface area (TPSA) is 40.5 Å². The molecule has 0 bridgehead atoms. The smallest absolute Gasteiger partial charge is 0.316 e. The van der Waals surface area contributed by atoms with Gasteiger partial charge in [0.05, 0.1) is 0 Å². The number of hydrogen-bond donors (Lipinski definition) is 1. The van der Waals surface area contributed by atoms with Crippen molar-refractivity contribution < 1.29 is 18.7 Å². The number of likely N-dealkylation sites (tertiary alicyclic amines) is 1. The molecule has 1 fully saturated rings. The lowest BCUT2D eigenvalue weighted by molar-refractivity contribution is -0.191. The van der Waals surface area contributed by atoms with E-state index in [0.29, 0.717) is 0 Å². The summed E-state index contributed by atoms with van der Waals surface area (Å²) in [5.74, 6) is -4.53. The molecule has 0 aromatic carbocycles. The zero-order chi connectivity index (χ0) is 10.3. The van der Waals surface area contributed by atoms with Gasteiger partial charge in [-0.25, -0.2) is 8.78 Å². The van der Waals surface area contributed by atoms with Crippen molar-refractivity contribution in [2.24, 2.45) is 5.41 Å². The monoisotopic (exact) mass is 193 g/mol. The Morgan fingerprint density at radius 3 is 2.46 bits per heavy atom. The first-order valence-corrected chi connectivity index (χ1v) is 4.09.